The van der Waals surface area contributed by atoms with E-state index in [1.54, 1.807) is 6.92 Å². The molecule has 0 radical (unpaired) electrons. The zero-order valence-corrected chi connectivity index (χ0v) is 16.9. The van der Waals surface area contributed by atoms with Crippen LogP contribution in [0.2, 0.25) is 0 Å². The number of nitrogens with zero attached hydrogens (tertiary/aromatic N) is 2. The summed E-state index contributed by atoms with van der Waals surface area (Å²) in [6.45, 7) is 3.94. The number of aromatic hydroxyl groups is 1. The molecule has 0 atom stereocenters. The van der Waals surface area contributed by atoms with E-state index in [9.17, 15) is 19.5 Å². The van der Waals surface area contributed by atoms with E-state index < -0.39 is 17.1 Å². The maximum atomic E-state index is 12.3. The summed E-state index contributed by atoms with van der Waals surface area (Å²) in [5, 5.41) is 14.7. The second kappa shape index (κ2) is 11.0. The molecule has 3 N–H and O–H groups in total. The third kappa shape index (κ3) is 6.17. The van der Waals surface area contributed by atoms with Crippen molar-refractivity contribution in [2.75, 3.05) is 0 Å². The Hall–Kier alpha value is -3.16. The summed E-state index contributed by atoms with van der Waals surface area (Å²) in [6, 6.07) is 9.10. The van der Waals surface area contributed by atoms with Gasteiger partial charge in [0, 0.05) is 6.42 Å². The molecule has 1 heterocycles. The van der Waals surface area contributed by atoms with Gasteiger partial charge in [0.05, 0.1) is 12.3 Å². The minimum atomic E-state index is -0.741. The van der Waals surface area contributed by atoms with Gasteiger partial charge in [-0.15, -0.1) is 0 Å². The van der Waals surface area contributed by atoms with E-state index in [0.29, 0.717) is 6.42 Å². The van der Waals surface area contributed by atoms with E-state index in [0.717, 1.165) is 35.8 Å². The second-order valence-corrected chi connectivity index (χ2v) is 6.79. The highest BCUT2D eigenvalue weighted by molar-refractivity contribution is 6.02. The first-order chi connectivity index (χ1) is 14.0. The van der Waals surface area contributed by atoms with Crippen molar-refractivity contribution in [2.45, 2.75) is 58.9 Å². The van der Waals surface area contributed by atoms with E-state index in [2.05, 4.69) is 22.4 Å². The standard InChI is InChI=1S/C21H28N4O4/c1-3-5-6-10-13-17(26)24-23-16(4-2)18-19(27)22-21(29)25(20(18)28)14-15-11-8-7-9-12-15/h7-9,11-12,28H,3-6,10,13-14H2,1-2H3,(H,24,26)(H,22,27,29)/b23-16-. The van der Waals surface area contributed by atoms with Crippen LogP contribution in [0.1, 0.15) is 63.5 Å². The van der Waals surface area contributed by atoms with Gasteiger partial charge in [0.25, 0.3) is 5.56 Å². The minimum absolute atomic E-state index is 0.0933. The topological polar surface area (TPSA) is 117 Å². The molecule has 2 aromatic rings. The number of hydrazone groups is 1. The summed E-state index contributed by atoms with van der Waals surface area (Å²) in [6.07, 6.45) is 4.53. The molecule has 0 aliphatic carbocycles. The van der Waals surface area contributed by atoms with Crippen LogP contribution in [0.25, 0.3) is 0 Å². The number of hydrogen-bond acceptors (Lipinski definition) is 5. The molecule has 8 heteroatoms. The third-order valence-corrected chi connectivity index (χ3v) is 4.55. The Balaban J connectivity index is 2.26. The lowest BCUT2D eigenvalue weighted by molar-refractivity contribution is -0.121. The van der Waals surface area contributed by atoms with Gasteiger partial charge >= 0.3 is 5.69 Å². The van der Waals surface area contributed by atoms with Crippen LogP contribution in [-0.4, -0.2) is 26.3 Å². The summed E-state index contributed by atoms with van der Waals surface area (Å²) in [5.41, 5.74) is 1.87. The SMILES string of the molecule is CCCCCCC(=O)N/N=C(/CC)c1c(O)n(Cc2ccccc2)c(=O)[nH]c1=O. The molecule has 0 spiro atoms. The van der Waals surface area contributed by atoms with Crippen molar-refractivity contribution in [2.24, 2.45) is 5.10 Å². The minimum Gasteiger partial charge on any atom is -0.494 e. The molecule has 0 aliphatic heterocycles. The number of hydrogen-bond donors (Lipinski definition) is 3. The van der Waals surface area contributed by atoms with Gasteiger partial charge in [0.2, 0.25) is 11.8 Å². The Bertz CT molecular complexity index is 961. The Labute approximate surface area is 169 Å². The van der Waals surface area contributed by atoms with Crippen LogP contribution in [0.5, 0.6) is 5.88 Å². The highest BCUT2D eigenvalue weighted by Crippen LogP contribution is 2.15. The van der Waals surface area contributed by atoms with Gasteiger partial charge in [-0.25, -0.2) is 10.2 Å². The fourth-order valence-corrected chi connectivity index (χ4v) is 2.94. The largest absolute Gasteiger partial charge is 0.494 e. The highest BCUT2D eigenvalue weighted by Gasteiger charge is 2.19. The Morgan fingerprint density at radius 3 is 2.52 bits per heavy atom. The molecular weight excluding hydrogens is 372 g/mol. The number of rotatable bonds is 10. The monoisotopic (exact) mass is 400 g/mol. The molecule has 156 valence electrons. The summed E-state index contributed by atoms with van der Waals surface area (Å²) in [4.78, 5) is 38.7. The van der Waals surface area contributed by atoms with Crippen molar-refractivity contribution in [3.8, 4) is 5.88 Å². The number of amides is 1. The first-order valence-electron chi connectivity index (χ1n) is 9.93. The molecule has 29 heavy (non-hydrogen) atoms. The van der Waals surface area contributed by atoms with Crippen LogP contribution in [0, 0.1) is 0 Å². The molecule has 0 saturated heterocycles. The van der Waals surface area contributed by atoms with Crippen molar-refractivity contribution < 1.29 is 9.90 Å². The first kappa shape index (κ1) is 22.1. The van der Waals surface area contributed by atoms with E-state index in [1.807, 2.05) is 30.3 Å². The van der Waals surface area contributed by atoms with Crippen LogP contribution < -0.4 is 16.7 Å². The van der Waals surface area contributed by atoms with Crippen molar-refractivity contribution in [3.63, 3.8) is 0 Å². The predicted molar refractivity (Wildman–Crippen MR) is 112 cm³/mol. The van der Waals surface area contributed by atoms with Crippen molar-refractivity contribution in [1.82, 2.24) is 15.0 Å². The fraction of sp³-hybridized carbons (Fsp3) is 0.429. The molecule has 0 fully saturated rings. The van der Waals surface area contributed by atoms with Crippen LogP contribution in [0.4, 0.5) is 0 Å². The molecule has 0 aliphatic rings. The third-order valence-electron chi connectivity index (χ3n) is 4.55. The van der Waals surface area contributed by atoms with Crippen molar-refractivity contribution >= 4 is 11.6 Å². The fourth-order valence-electron chi connectivity index (χ4n) is 2.94. The average Bonchev–Trinajstić information content (AvgIpc) is 2.71. The molecule has 0 bridgehead atoms. The summed E-state index contributed by atoms with van der Waals surface area (Å²) < 4.78 is 1.07. The number of nitrogens with one attached hydrogen (secondary N) is 2. The first-order valence-corrected chi connectivity index (χ1v) is 9.93. The van der Waals surface area contributed by atoms with E-state index >= 15 is 0 Å². The zero-order valence-electron chi connectivity index (χ0n) is 16.9. The summed E-state index contributed by atoms with van der Waals surface area (Å²) >= 11 is 0. The number of benzene rings is 1. The second-order valence-electron chi connectivity index (χ2n) is 6.79. The smallest absolute Gasteiger partial charge is 0.331 e. The number of aromatic amines is 1. The Morgan fingerprint density at radius 1 is 1.14 bits per heavy atom. The lowest BCUT2D eigenvalue weighted by Crippen LogP contribution is -2.34. The zero-order chi connectivity index (χ0) is 21.2. The predicted octanol–water partition coefficient (Wildman–Crippen LogP) is 2.49. The van der Waals surface area contributed by atoms with Gasteiger partial charge in [-0.05, 0) is 18.4 Å². The van der Waals surface area contributed by atoms with Crippen LogP contribution in [0.15, 0.2) is 45.0 Å². The molecule has 0 saturated carbocycles. The lowest BCUT2D eigenvalue weighted by Gasteiger charge is -2.12. The number of aromatic nitrogens is 2. The maximum Gasteiger partial charge on any atom is 0.331 e. The normalized spacial score (nSPS) is 11.4. The summed E-state index contributed by atoms with van der Waals surface area (Å²) in [7, 11) is 0. The maximum absolute atomic E-state index is 12.3. The van der Waals surface area contributed by atoms with Crippen LogP contribution in [0.3, 0.4) is 0 Å². The van der Waals surface area contributed by atoms with E-state index in [-0.39, 0.29) is 30.1 Å². The van der Waals surface area contributed by atoms with Gasteiger partial charge in [0.15, 0.2) is 0 Å². The van der Waals surface area contributed by atoms with E-state index in [4.69, 9.17) is 0 Å². The number of carbonyl (C=O) groups excluding carboxylic acids is 1. The molecule has 8 nitrogen and oxygen atoms in total. The summed E-state index contributed by atoms with van der Waals surface area (Å²) in [5.74, 6) is -0.721. The van der Waals surface area contributed by atoms with Gasteiger partial charge < -0.3 is 5.11 Å². The van der Waals surface area contributed by atoms with Gasteiger partial charge in [0.1, 0.15) is 5.56 Å². The molecule has 0 unspecified atom stereocenters. The quantitative estimate of drug-likeness (QED) is 0.323. The van der Waals surface area contributed by atoms with Crippen molar-refractivity contribution in [1.29, 1.82) is 0 Å². The molecule has 1 aromatic carbocycles. The molecule has 1 aromatic heterocycles. The molecule has 2 rings (SSSR count). The Kier molecular flexibility index (Phi) is 8.39. The van der Waals surface area contributed by atoms with Crippen LogP contribution in [-0.2, 0) is 11.3 Å². The Morgan fingerprint density at radius 2 is 1.86 bits per heavy atom. The van der Waals surface area contributed by atoms with Gasteiger partial charge in [-0.3, -0.25) is 19.1 Å². The number of carbonyl (C=O) groups is 1. The van der Waals surface area contributed by atoms with Gasteiger partial charge in [-0.1, -0.05) is 63.4 Å². The van der Waals surface area contributed by atoms with E-state index in [1.165, 1.54) is 0 Å². The number of H-pyrrole nitrogens is 1. The highest BCUT2D eigenvalue weighted by atomic mass is 16.3. The van der Waals surface area contributed by atoms with Crippen LogP contribution >= 0.6 is 0 Å². The molecular formula is C21H28N4O4. The average molecular weight is 400 g/mol. The molecule has 1 amide bonds. The van der Waals surface area contributed by atoms with Crippen molar-refractivity contribution in [3.05, 3.63) is 62.3 Å². The van der Waals surface area contributed by atoms with Gasteiger partial charge in [-0.2, -0.15) is 5.10 Å². The number of unbranched alkanes of at least 4 members (excludes halogenated alkanes) is 3. The lowest BCUT2D eigenvalue weighted by atomic mass is 10.1.